The van der Waals surface area contributed by atoms with Crippen LogP contribution in [-0.4, -0.2) is 5.11 Å². The van der Waals surface area contributed by atoms with Crippen molar-refractivity contribution in [2.75, 3.05) is 0 Å². The van der Waals surface area contributed by atoms with Crippen molar-refractivity contribution in [3.8, 4) is 5.75 Å². The Labute approximate surface area is 89.4 Å². The summed E-state index contributed by atoms with van der Waals surface area (Å²) in [6.45, 7) is 3.78. The molecule has 0 saturated carbocycles. The van der Waals surface area contributed by atoms with Crippen LogP contribution >= 0.6 is 18.6 Å². The fraction of sp³-hybridized carbons (Fsp3) is 0.250. The molecule has 0 fully saturated rings. The molecule has 0 unspecified atom stereocenters. The van der Waals surface area contributed by atoms with Gasteiger partial charge in [0.1, 0.15) is 5.75 Å². The van der Waals surface area contributed by atoms with Gasteiger partial charge >= 0.3 is 35.6 Å². The first kappa shape index (κ1) is 12.3. The molecule has 0 aliphatic rings. The average molecular weight is 241 g/mol. The second-order valence-corrected chi connectivity index (χ2v) is 4.89. The zero-order chi connectivity index (χ0) is 9.56. The summed E-state index contributed by atoms with van der Waals surface area (Å²) in [7, 11) is 9.78. The van der Waals surface area contributed by atoms with Crippen molar-refractivity contribution in [1.29, 1.82) is 0 Å². The summed E-state index contributed by atoms with van der Waals surface area (Å²) in [5, 5.41) is 9.21. The van der Waals surface area contributed by atoms with Gasteiger partial charge in [0.2, 0.25) is 0 Å². The van der Waals surface area contributed by atoms with Crippen molar-refractivity contribution in [3.63, 3.8) is 0 Å². The van der Waals surface area contributed by atoms with Crippen molar-refractivity contribution >= 4 is 18.6 Å². The Bertz CT molecular complexity index is 220. The van der Waals surface area contributed by atoms with E-state index in [2.05, 4.69) is 0 Å². The number of rotatable bonds is 0. The first-order chi connectivity index (χ1) is 5.63. The van der Waals surface area contributed by atoms with Gasteiger partial charge in [-0.05, 0) is 25.0 Å². The van der Waals surface area contributed by atoms with Crippen molar-refractivity contribution in [3.05, 3.63) is 29.3 Å². The van der Waals surface area contributed by atoms with Gasteiger partial charge in [-0.3, -0.25) is 0 Å². The number of phenols is 1. The first-order valence-electron chi connectivity index (χ1n) is 3.35. The SMILES string of the molecule is Cc1cccc(C)c1O.[Cl][Ti][Cl]. The number of aromatic hydroxyl groups is 1. The Hall–Kier alpha value is 0.314. The number of benzene rings is 1. The number of hydrogen-bond acceptors (Lipinski definition) is 1. The zero-order valence-electron chi connectivity index (χ0n) is 6.94. The van der Waals surface area contributed by atoms with Gasteiger partial charge in [-0.2, -0.15) is 0 Å². The molecule has 0 aromatic heterocycles. The molecule has 0 radical (unpaired) electrons. The van der Waals surface area contributed by atoms with Crippen molar-refractivity contribution < 1.29 is 22.1 Å². The average Bonchev–Trinajstić information content (AvgIpc) is 2.02. The Kier molecular flexibility index (Phi) is 6.97. The number of hydrogen-bond donors (Lipinski definition) is 1. The van der Waals surface area contributed by atoms with E-state index in [-0.39, 0.29) is 0 Å². The molecule has 0 spiro atoms. The zero-order valence-corrected chi connectivity index (χ0v) is 10.0. The van der Waals surface area contributed by atoms with Gasteiger partial charge in [0.15, 0.2) is 0 Å². The molecule has 1 nitrogen and oxygen atoms in total. The number of aryl methyl sites for hydroxylation is 2. The summed E-state index contributed by atoms with van der Waals surface area (Å²) in [4.78, 5) is 0. The van der Waals surface area contributed by atoms with Crippen molar-refractivity contribution in [2.45, 2.75) is 13.8 Å². The van der Waals surface area contributed by atoms with E-state index in [0.29, 0.717) is 5.75 Å². The molecular weight excluding hydrogens is 231 g/mol. The van der Waals surface area contributed by atoms with Gasteiger partial charge < -0.3 is 5.11 Å². The van der Waals surface area contributed by atoms with E-state index >= 15 is 0 Å². The summed E-state index contributed by atoms with van der Waals surface area (Å²) in [6, 6.07) is 5.72. The fourth-order valence-corrected chi connectivity index (χ4v) is 0.806. The molecule has 0 amide bonds. The maximum absolute atomic E-state index is 9.21. The predicted molar refractivity (Wildman–Crippen MR) is 49.3 cm³/mol. The molecule has 12 heavy (non-hydrogen) atoms. The van der Waals surface area contributed by atoms with Crippen LogP contribution in [0.3, 0.4) is 0 Å². The minimum absolute atomic E-state index is 0.414. The van der Waals surface area contributed by atoms with Crippen LogP contribution in [0.1, 0.15) is 11.1 Å². The molecule has 1 aromatic rings. The summed E-state index contributed by atoms with van der Waals surface area (Å²) in [5.74, 6) is 0.414. The molecule has 0 saturated heterocycles. The van der Waals surface area contributed by atoms with Crippen LogP contribution in [0.25, 0.3) is 0 Å². The fourth-order valence-electron chi connectivity index (χ4n) is 0.806. The summed E-state index contributed by atoms with van der Waals surface area (Å²) >= 11 is -0.556. The molecule has 66 valence electrons. The molecular formula is C8H10Cl2OTi. The van der Waals surface area contributed by atoms with Crippen LogP contribution in [0.15, 0.2) is 18.2 Å². The second kappa shape index (κ2) is 6.79. The van der Waals surface area contributed by atoms with E-state index in [1.807, 2.05) is 32.0 Å². The normalized spacial score (nSPS) is 8.33. The van der Waals surface area contributed by atoms with E-state index < -0.39 is 17.0 Å². The van der Waals surface area contributed by atoms with Gasteiger partial charge in [0.25, 0.3) is 0 Å². The van der Waals surface area contributed by atoms with Crippen LogP contribution in [0.2, 0.25) is 0 Å². The molecule has 4 heteroatoms. The quantitative estimate of drug-likeness (QED) is 0.690. The standard InChI is InChI=1S/C8H10O.2ClH.Ti/c1-6-4-3-5-7(2)8(6)9;;;/h3-5,9H,1-2H3;2*1H;/q;;;+2/p-2. The number of phenolic OH excluding ortho intramolecular Hbond substituents is 1. The minimum atomic E-state index is -0.556. The van der Waals surface area contributed by atoms with Crippen molar-refractivity contribution in [1.82, 2.24) is 0 Å². The van der Waals surface area contributed by atoms with Crippen LogP contribution in [0.5, 0.6) is 5.75 Å². The summed E-state index contributed by atoms with van der Waals surface area (Å²) < 4.78 is 0. The maximum atomic E-state index is 9.21. The number of para-hydroxylation sites is 1. The van der Waals surface area contributed by atoms with Gasteiger partial charge in [0.05, 0.1) is 0 Å². The van der Waals surface area contributed by atoms with E-state index in [0.717, 1.165) is 11.1 Å². The summed E-state index contributed by atoms with van der Waals surface area (Å²) in [5.41, 5.74) is 1.88. The van der Waals surface area contributed by atoms with E-state index in [1.165, 1.54) is 0 Å². The van der Waals surface area contributed by atoms with Crippen LogP contribution in [-0.2, 0) is 17.0 Å². The predicted octanol–water partition coefficient (Wildman–Crippen LogP) is 3.39. The Morgan fingerprint density at radius 2 is 1.50 bits per heavy atom. The third kappa shape index (κ3) is 4.37. The Balaban J connectivity index is 0.000000354. The molecule has 1 rings (SSSR count). The molecule has 0 aliphatic carbocycles. The van der Waals surface area contributed by atoms with Gasteiger partial charge in [-0.1, -0.05) is 18.2 Å². The van der Waals surface area contributed by atoms with Crippen LogP contribution in [0, 0.1) is 13.8 Å². The van der Waals surface area contributed by atoms with E-state index in [1.54, 1.807) is 0 Å². The second-order valence-electron chi connectivity index (χ2n) is 2.31. The molecule has 0 atom stereocenters. The topological polar surface area (TPSA) is 20.2 Å². The van der Waals surface area contributed by atoms with Crippen molar-refractivity contribution in [2.24, 2.45) is 0 Å². The first-order valence-corrected chi connectivity index (χ1v) is 7.64. The molecule has 0 aliphatic heterocycles. The monoisotopic (exact) mass is 240 g/mol. The molecule has 0 heterocycles. The molecule has 0 bridgehead atoms. The van der Waals surface area contributed by atoms with Gasteiger partial charge in [-0.25, -0.2) is 0 Å². The Morgan fingerprint density at radius 3 is 1.75 bits per heavy atom. The third-order valence-electron chi connectivity index (χ3n) is 1.44. The Morgan fingerprint density at radius 1 is 1.17 bits per heavy atom. The molecule has 1 aromatic carbocycles. The van der Waals surface area contributed by atoms with Crippen LogP contribution < -0.4 is 0 Å². The number of halogens is 2. The molecule has 1 N–H and O–H groups in total. The van der Waals surface area contributed by atoms with Crippen LogP contribution in [0.4, 0.5) is 0 Å². The van der Waals surface area contributed by atoms with E-state index in [4.69, 9.17) is 18.6 Å². The summed E-state index contributed by atoms with van der Waals surface area (Å²) in [6.07, 6.45) is 0. The van der Waals surface area contributed by atoms with Gasteiger partial charge in [-0.15, -0.1) is 0 Å². The van der Waals surface area contributed by atoms with E-state index in [9.17, 15) is 5.11 Å². The van der Waals surface area contributed by atoms with Gasteiger partial charge in [0, 0.05) is 0 Å². The third-order valence-corrected chi connectivity index (χ3v) is 1.44.